The summed E-state index contributed by atoms with van der Waals surface area (Å²) < 4.78 is 29.0. The molecule has 3 rings (SSSR count). The molecule has 0 atom stereocenters. The number of halogens is 2. The Hall–Kier alpha value is -2.82. The minimum atomic E-state index is -0.297. The molecule has 0 bridgehead atoms. The predicted octanol–water partition coefficient (Wildman–Crippen LogP) is 3.81. The van der Waals surface area contributed by atoms with E-state index in [-0.39, 0.29) is 29.8 Å². The summed E-state index contributed by atoms with van der Waals surface area (Å²) >= 11 is 0. The van der Waals surface area contributed by atoms with Crippen molar-refractivity contribution in [2.75, 3.05) is 27.3 Å². The average molecular weight is 540 g/mol. The Morgan fingerprint density at radius 3 is 2.55 bits per heavy atom. The van der Waals surface area contributed by atoms with E-state index in [2.05, 4.69) is 15.3 Å². The summed E-state index contributed by atoms with van der Waals surface area (Å²) in [6, 6.07) is 11.8. The number of hydrogen-bond acceptors (Lipinski definition) is 5. The third-order valence-electron chi connectivity index (χ3n) is 4.46. The van der Waals surface area contributed by atoms with Crippen LogP contribution in [0, 0.1) is 5.82 Å². The highest BCUT2D eigenvalue weighted by Crippen LogP contribution is 2.27. The molecule has 1 aromatic heterocycles. The summed E-state index contributed by atoms with van der Waals surface area (Å²) in [6.45, 7) is 1.12. The van der Waals surface area contributed by atoms with Crippen LogP contribution in [0.1, 0.15) is 11.3 Å². The molecular weight excluding hydrogens is 514 g/mol. The number of nitrogens with one attached hydrogen (secondary N) is 1. The standard InChI is InChI=1S/C22H25FN4O3.HI/c1-28-19-8-3-15(13-20(19)29-2)9-11-25-22(24)26-12-10-18-14-30-21(27-18)16-4-6-17(23)7-5-16;/h3-8,13-14H,9-12H2,1-2H3,(H3,24,25,26);1H. The molecule has 31 heavy (non-hydrogen) atoms. The fourth-order valence-electron chi connectivity index (χ4n) is 2.86. The van der Waals surface area contributed by atoms with Crippen LogP contribution in [0.25, 0.3) is 11.5 Å². The van der Waals surface area contributed by atoms with Crippen molar-refractivity contribution in [2.24, 2.45) is 10.7 Å². The number of nitrogens with zero attached hydrogens (tertiary/aromatic N) is 2. The van der Waals surface area contributed by atoms with Crippen LogP contribution in [0.15, 0.2) is 58.1 Å². The van der Waals surface area contributed by atoms with Crippen molar-refractivity contribution in [3.63, 3.8) is 0 Å². The van der Waals surface area contributed by atoms with Crippen LogP contribution in [0.2, 0.25) is 0 Å². The van der Waals surface area contributed by atoms with Crippen LogP contribution < -0.4 is 20.5 Å². The van der Waals surface area contributed by atoms with Gasteiger partial charge >= 0.3 is 0 Å². The van der Waals surface area contributed by atoms with Gasteiger partial charge in [-0.25, -0.2) is 9.37 Å². The Labute approximate surface area is 197 Å². The van der Waals surface area contributed by atoms with Crippen LogP contribution in [0.3, 0.4) is 0 Å². The molecule has 0 aliphatic heterocycles. The number of aromatic nitrogens is 1. The van der Waals surface area contributed by atoms with Gasteiger partial charge in [-0.2, -0.15) is 0 Å². The number of guanidine groups is 1. The Morgan fingerprint density at radius 2 is 1.84 bits per heavy atom. The molecule has 0 unspecified atom stereocenters. The minimum absolute atomic E-state index is 0. The van der Waals surface area contributed by atoms with Gasteiger partial charge in [-0.15, -0.1) is 24.0 Å². The molecule has 9 heteroatoms. The second kappa shape index (κ2) is 12.1. The second-order valence-electron chi connectivity index (χ2n) is 6.53. The van der Waals surface area contributed by atoms with E-state index in [4.69, 9.17) is 19.6 Å². The Kier molecular flexibility index (Phi) is 9.57. The van der Waals surface area contributed by atoms with Crippen LogP contribution in [-0.2, 0) is 12.8 Å². The van der Waals surface area contributed by atoms with Gasteiger partial charge in [0.2, 0.25) is 5.89 Å². The van der Waals surface area contributed by atoms with E-state index in [0.29, 0.717) is 42.9 Å². The number of benzene rings is 2. The molecule has 0 radical (unpaired) electrons. The van der Waals surface area contributed by atoms with Crippen molar-refractivity contribution >= 4 is 29.9 Å². The van der Waals surface area contributed by atoms with Crippen LogP contribution in [0.5, 0.6) is 11.5 Å². The number of methoxy groups -OCH3 is 2. The smallest absolute Gasteiger partial charge is 0.226 e. The molecule has 0 fully saturated rings. The lowest BCUT2D eigenvalue weighted by molar-refractivity contribution is 0.354. The number of oxazole rings is 1. The maximum atomic E-state index is 13.0. The van der Waals surface area contributed by atoms with Crippen molar-refractivity contribution in [1.82, 2.24) is 10.3 Å². The molecule has 0 saturated carbocycles. The van der Waals surface area contributed by atoms with Gasteiger partial charge in [-0.3, -0.25) is 4.99 Å². The number of aliphatic imine (C=N–C) groups is 1. The summed E-state index contributed by atoms with van der Waals surface area (Å²) in [5.41, 5.74) is 8.51. The zero-order valence-corrected chi connectivity index (χ0v) is 19.8. The highest BCUT2D eigenvalue weighted by atomic mass is 127. The first-order valence-electron chi connectivity index (χ1n) is 9.54. The Bertz CT molecular complexity index is 993. The molecule has 0 amide bonds. The van der Waals surface area contributed by atoms with Crippen molar-refractivity contribution in [2.45, 2.75) is 12.8 Å². The quantitative estimate of drug-likeness (QED) is 0.244. The van der Waals surface area contributed by atoms with Crippen molar-refractivity contribution in [3.05, 3.63) is 65.8 Å². The zero-order valence-electron chi connectivity index (χ0n) is 17.4. The lowest BCUT2D eigenvalue weighted by atomic mass is 10.1. The van der Waals surface area contributed by atoms with Gasteiger partial charge < -0.3 is 24.9 Å². The zero-order chi connectivity index (χ0) is 21.3. The number of rotatable bonds is 9. The molecule has 3 N–H and O–H groups in total. The summed E-state index contributed by atoms with van der Waals surface area (Å²) in [5, 5.41) is 3.10. The van der Waals surface area contributed by atoms with E-state index in [1.165, 1.54) is 12.1 Å². The first kappa shape index (κ1) is 24.4. The molecule has 166 valence electrons. The Morgan fingerprint density at radius 1 is 1.10 bits per heavy atom. The third-order valence-corrected chi connectivity index (χ3v) is 4.46. The van der Waals surface area contributed by atoms with Crippen molar-refractivity contribution in [3.8, 4) is 23.0 Å². The Balaban J connectivity index is 0.00000341. The molecule has 1 heterocycles. The van der Waals surface area contributed by atoms with Crippen LogP contribution in [-0.4, -0.2) is 38.3 Å². The molecule has 0 aliphatic carbocycles. The number of ether oxygens (including phenoxy) is 2. The van der Waals surface area contributed by atoms with Crippen molar-refractivity contribution < 1.29 is 18.3 Å². The van der Waals surface area contributed by atoms with E-state index < -0.39 is 0 Å². The summed E-state index contributed by atoms with van der Waals surface area (Å²) in [7, 11) is 3.22. The van der Waals surface area contributed by atoms with Gasteiger partial charge in [0, 0.05) is 25.1 Å². The molecule has 2 aromatic carbocycles. The maximum Gasteiger partial charge on any atom is 0.226 e. The van der Waals surface area contributed by atoms with E-state index in [1.807, 2.05) is 18.2 Å². The van der Waals surface area contributed by atoms with Crippen LogP contribution >= 0.6 is 24.0 Å². The summed E-state index contributed by atoms with van der Waals surface area (Å²) in [4.78, 5) is 8.71. The minimum Gasteiger partial charge on any atom is -0.493 e. The summed E-state index contributed by atoms with van der Waals surface area (Å²) in [6.07, 6.45) is 2.93. The van der Waals surface area contributed by atoms with Gasteiger partial charge in [-0.05, 0) is 48.4 Å². The third kappa shape index (κ3) is 7.12. The van der Waals surface area contributed by atoms with Gasteiger partial charge in [0.05, 0.1) is 19.9 Å². The fourth-order valence-corrected chi connectivity index (χ4v) is 2.86. The van der Waals surface area contributed by atoms with Gasteiger partial charge in [0.1, 0.15) is 12.1 Å². The highest BCUT2D eigenvalue weighted by molar-refractivity contribution is 14.0. The number of hydrogen-bond donors (Lipinski definition) is 2. The van der Waals surface area contributed by atoms with E-state index in [1.54, 1.807) is 32.6 Å². The largest absolute Gasteiger partial charge is 0.493 e. The average Bonchev–Trinajstić information content (AvgIpc) is 3.23. The van der Waals surface area contributed by atoms with Crippen LogP contribution in [0.4, 0.5) is 4.39 Å². The highest BCUT2D eigenvalue weighted by Gasteiger charge is 2.07. The molecule has 0 spiro atoms. The normalized spacial score (nSPS) is 11.0. The number of nitrogens with two attached hydrogens (primary N) is 1. The SMILES string of the molecule is COc1ccc(CCNC(N)=NCCc2coc(-c3ccc(F)cc3)n2)cc1OC.I. The van der Waals surface area contributed by atoms with E-state index >= 15 is 0 Å². The molecule has 7 nitrogen and oxygen atoms in total. The molecule has 0 aliphatic rings. The monoisotopic (exact) mass is 540 g/mol. The van der Waals surface area contributed by atoms with Gasteiger partial charge in [0.25, 0.3) is 0 Å². The predicted molar refractivity (Wildman–Crippen MR) is 129 cm³/mol. The maximum absolute atomic E-state index is 13.0. The topological polar surface area (TPSA) is 94.9 Å². The van der Waals surface area contributed by atoms with Gasteiger partial charge in [0.15, 0.2) is 17.5 Å². The lowest BCUT2D eigenvalue weighted by Crippen LogP contribution is -2.33. The lowest BCUT2D eigenvalue weighted by Gasteiger charge is -2.10. The van der Waals surface area contributed by atoms with Gasteiger partial charge in [-0.1, -0.05) is 6.07 Å². The molecule has 0 saturated heterocycles. The second-order valence-corrected chi connectivity index (χ2v) is 6.53. The van der Waals surface area contributed by atoms with E-state index in [9.17, 15) is 4.39 Å². The first-order chi connectivity index (χ1) is 14.6. The molecule has 3 aromatic rings. The fraction of sp³-hybridized carbons (Fsp3) is 0.273. The van der Waals surface area contributed by atoms with E-state index in [0.717, 1.165) is 23.2 Å². The first-order valence-corrected chi connectivity index (χ1v) is 9.54. The van der Waals surface area contributed by atoms with Crippen molar-refractivity contribution in [1.29, 1.82) is 0 Å². The summed E-state index contributed by atoms with van der Waals surface area (Å²) in [5.74, 6) is 1.93. The molecular formula is C22H26FIN4O3.